The van der Waals surface area contributed by atoms with Crippen molar-refractivity contribution in [1.82, 2.24) is 5.32 Å². The second-order valence-electron chi connectivity index (χ2n) is 4.04. The fraction of sp³-hybridized carbons (Fsp3) is 0.500. The van der Waals surface area contributed by atoms with Gasteiger partial charge in [0.1, 0.15) is 0 Å². The van der Waals surface area contributed by atoms with E-state index in [1.165, 1.54) is 6.07 Å². The predicted molar refractivity (Wildman–Crippen MR) is 65.9 cm³/mol. The minimum Gasteiger partial charge on any atom is -0.380 e. The van der Waals surface area contributed by atoms with Gasteiger partial charge < -0.3 is 10.1 Å². The van der Waals surface area contributed by atoms with E-state index >= 15 is 0 Å². The molecule has 1 rings (SSSR count). The minimum atomic E-state index is -0.384. The van der Waals surface area contributed by atoms with Gasteiger partial charge in [-0.25, -0.2) is 0 Å². The average molecular weight is 238 g/mol. The lowest BCUT2D eigenvalue weighted by molar-refractivity contribution is -0.384. The van der Waals surface area contributed by atoms with E-state index in [1.807, 2.05) is 19.9 Å². The van der Waals surface area contributed by atoms with Gasteiger partial charge in [0.05, 0.1) is 11.0 Å². The second-order valence-corrected chi connectivity index (χ2v) is 4.04. The van der Waals surface area contributed by atoms with Gasteiger partial charge in [0.2, 0.25) is 0 Å². The molecule has 0 heterocycles. The van der Waals surface area contributed by atoms with Crippen molar-refractivity contribution in [3.05, 3.63) is 39.9 Å². The zero-order chi connectivity index (χ0) is 12.8. The molecule has 17 heavy (non-hydrogen) atoms. The molecule has 2 unspecified atom stereocenters. The number of nitrogens with zero attached hydrogens (tertiary/aromatic N) is 1. The average Bonchev–Trinajstić information content (AvgIpc) is 2.35. The van der Waals surface area contributed by atoms with Crippen LogP contribution in [0.4, 0.5) is 5.69 Å². The summed E-state index contributed by atoms with van der Waals surface area (Å²) in [4.78, 5) is 10.2. The van der Waals surface area contributed by atoms with Crippen LogP contribution in [-0.4, -0.2) is 24.2 Å². The molecule has 0 fully saturated rings. The van der Waals surface area contributed by atoms with Gasteiger partial charge in [-0.3, -0.25) is 10.1 Å². The summed E-state index contributed by atoms with van der Waals surface area (Å²) < 4.78 is 5.19. The summed E-state index contributed by atoms with van der Waals surface area (Å²) in [6, 6.07) is 6.82. The van der Waals surface area contributed by atoms with Crippen LogP contribution in [0.2, 0.25) is 0 Å². The molecule has 0 bridgehead atoms. The second kappa shape index (κ2) is 6.32. The molecule has 1 aromatic carbocycles. The van der Waals surface area contributed by atoms with Crippen LogP contribution >= 0.6 is 0 Å². The molecule has 94 valence electrons. The fourth-order valence-electron chi connectivity index (χ4n) is 1.43. The lowest BCUT2D eigenvalue weighted by Gasteiger charge is -2.19. The molecular weight excluding hydrogens is 220 g/mol. The Hall–Kier alpha value is -1.46. The summed E-state index contributed by atoms with van der Waals surface area (Å²) in [7, 11) is 1.66. The van der Waals surface area contributed by atoms with Gasteiger partial charge in [-0.1, -0.05) is 12.1 Å². The van der Waals surface area contributed by atoms with Crippen LogP contribution in [0.5, 0.6) is 0 Å². The van der Waals surface area contributed by atoms with Gasteiger partial charge in [0.15, 0.2) is 0 Å². The third kappa shape index (κ3) is 4.13. The molecule has 0 saturated carbocycles. The lowest BCUT2D eigenvalue weighted by Crippen LogP contribution is -2.36. The van der Waals surface area contributed by atoms with E-state index in [0.717, 1.165) is 5.56 Å². The van der Waals surface area contributed by atoms with E-state index in [4.69, 9.17) is 4.74 Å². The van der Waals surface area contributed by atoms with Crippen LogP contribution in [0.25, 0.3) is 0 Å². The van der Waals surface area contributed by atoms with E-state index in [1.54, 1.807) is 19.2 Å². The van der Waals surface area contributed by atoms with Crippen molar-refractivity contribution >= 4 is 5.69 Å². The molecule has 0 aliphatic heterocycles. The zero-order valence-corrected chi connectivity index (χ0v) is 10.3. The Bertz CT molecular complexity index is 382. The van der Waals surface area contributed by atoms with Crippen molar-refractivity contribution in [2.75, 3.05) is 7.11 Å². The Labute approximate surface area is 101 Å². The standard InChI is InChI=1S/C12H18N2O3/c1-9(10(2)17-3)13-8-11-5-4-6-12(7-11)14(15)16/h4-7,9-10,13H,8H2,1-3H3. The Balaban J connectivity index is 2.57. The molecule has 0 aliphatic rings. The fourth-order valence-corrected chi connectivity index (χ4v) is 1.43. The van der Waals surface area contributed by atoms with Crippen molar-refractivity contribution < 1.29 is 9.66 Å². The van der Waals surface area contributed by atoms with Crippen LogP contribution in [0.1, 0.15) is 19.4 Å². The molecule has 1 aromatic rings. The number of nitro groups is 1. The van der Waals surface area contributed by atoms with Gasteiger partial charge in [0.25, 0.3) is 5.69 Å². The Morgan fingerprint density at radius 1 is 1.47 bits per heavy atom. The zero-order valence-electron chi connectivity index (χ0n) is 10.3. The first kappa shape index (κ1) is 13.6. The largest absolute Gasteiger partial charge is 0.380 e. The normalized spacial score (nSPS) is 14.3. The summed E-state index contributed by atoms with van der Waals surface area (Å²) in [6.45, 7) is 4.59. The maximum atomic E-state index is 10.6. The third-order valence-corrected chi connectivity index (χ3v) is 2.83. The maximum absolute atomic E-state index is 10.6. The van der Waals surface area contributed by atoms with Crippen LogP contribution in [-0.2, 0) is 11.3 Å². The Morgan fingerprint density at radius 2 is 2.18 bits per heavy atom. The van der Waals surface area contributed by atoms with Gasteiger partial charge in [-0.05, 0) is 19.4 Å². The minimum absolute atomic E-state index is 0.105. The lowest BCUT2D eigenvalue weighted by atomic mass is 10.1. The monoisotopic (exact) mass is 238 g/mol. The predicted octanol–water partition coefficient (Wildman–Crippen LogP) is 2.11. The molecule has 0 saturated heterocycles. The van der Waals surface area contributed by atoms with Gasteiger partial charge in [0, 0.05) is 31.8 Å². The summed E-state index contributed by atoms with van der Waals surface area (Å²) in [5, 5.41) is 13.9. The molecule has 0 aromatic heterocycles. The molecule has 1 N–H and O–H groups in total. The number of nitro benzene ring substituents is 1. The number of methoxy groups -OCH3 is 1. The van der Waals surface area contributed by atoms with Crippen molar-refractivity contribution in [2.24, 2.45) is 0 Å². The highest BCUT2D eigenvalue weighted by molar-refractivity contribution is 5.34. The van der Waals surface area contributed by atoms with Gasteiger partial charge in [-0.2, -0.15) is 0 Å². The molecule has 0 spiro atoms. The first-order valence-corrected chi connectivity index (χ1v) is 5.54. The smallest absolute Gasteiger partial charge is 0.269 e. The van der Waals surface area contributed by atoms with E-state index in [2.05, 4.69) is 5.32 Å². The third-order valence-electron chi connectivity index (χ3n) is 2.83. The number of benzene rings is 1. The first-order chi connectivity index (χ1) is 8.04. The maximum Gasteiger partial charge on any atom is 0.269 e. The molecular formula is C12H18N2O3. The Morgan fingerprint density at radius 3 is 2.76 bits per heavy atom. The highest BCUT2D eigenvalue weighted by Crippen LogP contribution is 2.13. The molecule has 0 aliphatic carbocycles. The van der Waals surface area contributed by atoms with Crippen molar-refractivity contribution in [3.8, 4) is 0 Å². The van der Waals surface area contributed by atoms with Gasteiger partial charge in [-0.15, -0.1) is 0 Å². The summed E-state index contributed by atoms with van der Waals surface area (Å²) in [5.74, 6) is 0. The van der Waals surface area contributed by atoms with E-state index in [9.17, 15) is 10.1 Å². The van der Waals surface area contributed by atoms with E-state index < -0.39 is 0 Å². The van der Waals surface area contributed by atoms with Crippen molar-refractivity contribution in [1.29, 1.82) is 0 Å². The molecule has 0 amide bonds. The first-order valence-electron chi connectivity index (χ1n) is 5.54. The van der Waals surface area contributed by atoms with Crippen LogP contribution in [0, 0.1) is 10.1 Å². The molecule has 5 heteroatoms. The van der Waals surface area contributed by atoms with Crippen molar-refractivity contribution in [2.45, 2.75) is 32.5 Å². The molecule has 5 nitrogen and oxygen atoms in total. The quantitative estimate of drug-likeness (QED) is 0.609. The number of hydrogen-bond donors (Lipinski definition) is 1. The van der Waals surface area contributed by atoms with Crippen molar-refractivity contribution in [3.63, 3.8) is 0 Å². The highest BCUT2D eigenvalue weighted by atomic mass is 16.6. The molecule has 0 radical (unpaired) electrons. The van der Waals surface area contributed by atoms with E-state index in [0.29, 0.717) is 6.54 Å². The van der Waals surface area contributed by atoms with Crippen LogP contribution < -0.4 is 5.32 Å². The summed E-state index contributed by atoms with van der Waals surface area (Å²) in [6.07, 6.45) is 0.105. The summed E-state index contributed by atoms with van der Waals surface area (Å²) in [5.41, 5.74) is 1.02. The van der Waals surface area contributed by atoms with E-state index in [-0.39, 0.29) is 22.8 Å². The molecule has 2 atom stereocenters. The highest BCUT2D eigenvalue weighted by Gasteiger charge is 2.11. The topological polar surface area (TPSA) is 64.4 Å². The number of nitrogens with one attached hydrogen (secondary N) is 1. The number of hydrogen-bond acceptors (Lipinski definition) is 4. The summed E-state index contributed by atoms with van der Waals surface area (Å²) >= 11 is 0. The van der Waals surface area contributed by atoms with Crippen LogP contribution in [0.3, 0.4) is 0 Å². The Kier molecular flexibility index (Phi) is 5.06. The van der Waals surface area contributed by atoms with Crippen LogP contribution in [0.15, 0.2) is 24.3 Å². The number of non-ortho nitro benzene ring substituents is 1. The number of rotatable bonds is 6. The SMILES string of the molecule is COC(C)C(C)NCc1cccc([N+](=O)[O-])c1. The number of ether oxygens (including phenoxy) is 1. The van der Waals surface area contributed by atoms with Gasteiger partial charge >= 0.3 is 0 Å².